The Bertz CT molecular complexity index is 539. The highest BCUT2D eigenvalue weighted by atomic mass is 127. The number of halogens is 1. The third-order valence-corrected chi connectivity index (χ3v) is 3.18. The maximum Gasteiger partial charge on any atom is 0.413 e. The number of aliphatic hydroxyl groups excluding tert-OH is 1. The zero-order valence-corrected chi connectivity index (χ0v) is 13.4. The van der Waals surface area contributed by atoms with Gasteiger partial charge in [0, 0.05) is 15.2 Å². The third kappa shape index (κ3) is 4.60. The second kappa shape index (κ2) is 6.35. The van der Waals surface area contributed by atoms with E-state index in [9.17, 15) is 14.9 Å². The molecule has 110 valence electrons. The molecule has 0 bridgehead atoms. The van der Waals surface area contributed by atoms with Crippen LogP contribution in [0, 0.1) is 13.7 Å². The van der Waals surface area contributed by atoms with Crippen LogP contribution in [0.5, 0.6) is 5.75 Å². The van der Waals surface area contributed by atoms with Crippen molar-refractivity contribution in [3.05, 3.63) is 31.4 Å². The van der Waals surface area contributed by atoms with Crippen molar-refractivity contribution in [2.75, 3.05) is 0 Å². The number of nitro groups is 1. The van der Waals surface area contributed by atoms with E-state index in [4.69, 9.17) is 9.84 Å². The maximum absolute atomic E-state index is 11.7. The lowest BCUT2D eigenvalue weighted by molar-refractivity contribution is -0.385. The Morgan fingerprint density at radius 2 is 2.10 bits per heavy atom. The summed E-state index contributed by atoms with van der Waals surface area (Å²) in [7, 11) is 0. The molecule has 7 nitrogen and oxygen atoms in total. The summed E-state index contributed by atoms with van der Waals surface area (Å²) < 4.78 is 5.50. The Morgan fingerprint density at radius 3 is 2.55 bits per heavy atom. The van der Waals surface area contributed by atoms with E-state index in [2.05, 4.69) is 5.32 Å². The molecule has 1 aromatic carbocycles. The molecule has 0 saturated carbocycles. The lowest BCUT2D eigenvalue weighted by Gasteiger charge is -2.19. The second-order valence-corrected chi connectivity index (χ2v) is 6.25. The molecule has 20 heavy (non-hydrogen) atoms. The number of rotatable bonds is 3. The van der Waals surface area contributed by atoms with Gasteiger partial charge in [0.15, 0.2) is 0 Å². The number of hydrogen-bond acceptors (Lipinski definition) is 5. The van der Waals surface area contributed by atoms with Crippen LogP contribution in [0.25, 0.3) is 0 Å². The Labute approximate surface area is 129 Å². The summed E-state index contributed by atoms with van der Waals surface area (Å²) in [6.07, 6.45) is -0.786. The van der Waals surface area contributed by atoms with E-state index >= 15 is 0 Å². The predicted molar refractivity (Wildman–Crippen MR) is 80.6 cm³/mol. The number of carbonyl (C=O) groups excluding carboxylic acids is 1. The van der Waals surface area contributed by atoms with Crippen molar-refractivity contribution in [3.63, 3.8) is 0 Å². The quantitative estimate of drug-likeness (QED) is 0.466. The molecular formula is C12H15IN2O5. The van der Waals surface area contributed by atoms with E-state index in [0.29, 0.717) is 9.13 Å². The molecule has 0 radical (unpaired) electrons. The van der Waals surface area contributed by atoms with Crippen molar-refractivity contribution in [2.24, 2.45) is 0 Å². The van der Waals surface area contributed by atoms with Crippen molar-refractivity contribution >= 4 is 34.4 Å². The molecule has 0 aliphatic rings. The number of amides is 1. The van der Waals surface area contributed by atoms with E-state index < -0.39 is 16.6 Å². The molecule has 0 unspecified atom stereocenters. The van der Waals surface area contributed by atoms with Crippen molar-refractivity contribution in [1.29, 1.82) is 0 Å². The minimum absolute atomic E-state index is 0.193. The molecule has 2 N–H and O–H groups in total. The van der Waals surface area contributed by atoms with Crippen LogP contribution >= 0.6 is 22.6 Å². The highest BCUT2D eigenvalue weighted by molar-refractivity contribution is 14.1. The summed E-state index contributed by atoms with van der Waals surface area (Å²) in [6, 6.07) is 2.55. The SMILES string of the molecule is CC(C)(C)NC(=O)Oc1cc(CO)c(I)cc1[N+](=O)[O-]. The first-order valence-corrected chi connectivity index (χ1v) is 6.79. The van der Waals surface area contributed by atoms with E-state index in [0.717, 1.165) is 0 Å². The number of benzene rings is 1. The van der Waals surface area contributed by atoms with Gasteiger partial charge in [0.25, 0.3) is 0 Å². The summed E-state index contributed by atoms with van der Waals surface area (Å²) in [6.45, 7) is 4.98. The molecule has 0 aliphatic heterocycles. The number of nitro benzene ring substituents is 1. The standard InChI is InChI=1S/C12H15IN2O5/c1-12(2,3)14-11(17)20-10-4-7(6-16)8(13)5-9(10)15(18)19/h4-5,16H,6H2,1-3H3,(H,14,17). The van der Waals surface area contributed by atoms with E-state index in [-0.39, 0.29) is 18.0 Å². The zero-order valence-electron chi connectivity index (χ0n) is 11.3. The molecule has 0 fully saturated rings. The monoisotopic (exact) mass is 394 g/mol. The lowest BCUT2D eigenvalue weighted by atomic mass is 10.1. The van der Waals surface area contributed by atoms with Gasteiger partial charge in [-0.05, 0) is 55.0 Å². The molecule has 0 saturated heterocycles. The molecule has 1 rings (SSSR count). The van der Waals surface area contributed by atoms with Crippen LogP contribution in [-0.2, 0) is 6.61 Å². The molecule has 0 atom stereocenters. The number of hydrogen-bond donors (Lipinski definition) is 2. The largest absolute Gasteiger partial charge is 0.413 e. The summed E-state index contributed by atoms with van der Waals surface area (Å²) in [5, 5.41) is 22.7. The molecule has 8 heteroatoms. The first kappa shape index (κ1) is 16.6. The van der Waals surface area contributed by atoms with Crippen LogP contribution in [-0.4, -0.2) is 21.7 Å². The normalized spacial score (nSPS) is 11.1. The Kier molecular flexibility index (Phi) is 5.28. The Balaban J connectivity index is 3.09. The summed E-state index contributed by atoms with van der Waals surface area (Å²) in [5.74, 6) is -0.193. The van der Waals surface area contributed by atoms with Gasteiger partial charge in [-0.15, -0.1) is 0 Å². The van der Waals surface area contributed by atoms with E-state index in [1.807, 2.05) is 22.6 Å². The van der Waals surface area contributed by atoms with E-state index in [1.54, 1.807) is 20.8 Å². The molecule has 1 amide bonds. The van der Waals surface area contributed by atoms with E-state index in [1.165, 1.54) is 12.1 Å². The number of ether oxygens (including phenoxy) is 1. The maximum atomic E-state index is 11.7. The predicted octanol–water partition coefficient (Wildman–Crippen LogP) is 2.58. The van der Waals surface area contributed by atoms with Crippen LogP contribution in [0.1, 0.15) is 26.3 Å². The van der Waals surface area contributed by atoms with Gasteiger partial charge in [0.2, 0.25) is 5.75 Å². The smallest absolute Gasteiger partial charge is 0.403 e. The van der Waals surface area contributed by atoms with Crippen LogP contribution < -0.4 is 10.1 Å². The number of aliphatic hydroxyl groups is 1. The fourth-order valence-corrected chi connectivity index (χ4v) is 1.98. The Morgan fingerprint density at radius 1 is 1.50 bits per heavy atom. The molecule has 0 aromatic heterocycles. The minimum atomic E-state index is -0.786. The topological polar surface area (TPSA) is 102 Å². The first-order chi connectivity index (χ1) is 9.14. The Hall–Kier alpha value is -1.42. The molecule has 0 heterocycles. The molecular weight excluding hydrogens is 379 g/mol. The van der Waals surface area contributed by atoms with Gasteiger partial charge in [-0.2, -0.15) is 0 Å². The fourth-order valence-electron chi connectivity index (χ4n) is 1.36. The van der Waals surface area contributed by atoms with Crippen molar-refractivity contribution in [2.45, 2.75) is 32.9 Å². The van der Waals surface area contributed by atoms with Gasteiger partial charge in [-0.3, -0.25) is 10.1 Å². The highest BCUT2D eigenvalue weighted by Gasteiger charge is 2.23. The summed E-state index contributed by atoms with van der Waals surface area (Å²) in [4.78, 5) is 22.0. The average molecular weight is 394 g/mol. The van der Waals surface area contributed by atoms with Crippen LogP contribution in [0.2, 0.25) is 0 Å². The van der Waals surface area contributed by atoms with Crippen molar-refractivity contribution in [1.82, 2.24) is 5.32 Å². The molecule has 1 aromatic rings. The number of nitrogens with one attached hydrogen (secondary N) is 1. The number of nitrogens with zero attached hydrogens (tertiary/aromatic N) is 1. The van der Waals surface area contributed by atoms with Gasteiger partial charge in [-0.25, -0.2) is 4.79 Å². The fraction of sp³-hybridized carbons (Fsp3) is 0.417. The van der Waals surface area contributed by atoms with Gasteiger partial charge in [-0.1, -0.05) is 0 Å². The molecule has 0 aliphatic carbocycles. The van der Waals surface area contributed by atoms with Gasteiger partial charge < -0.3 is 15.2 Å². The van der Waals surface area contributed by atoms with Gasteiger partial charge in [0.1, 0.15) is 0 Å². The van der Waals surface area contributed by atoms with Crippen molar-refractivity contribution < 1.29 is 19.6 Å². The lowest BCUT2D eigenvalue weighted by Crippen LogP contribution is -2.42. The van der Waals surface area contributed by atoms with Gasteiger partial charge in [0.05, 0.1) is 11.5 Å². The average Bonchev–Trinajstić information content (AvgIpc) is 2.28. The molecule has 0 spiro atoms. The minimum Gasteiger partial charge on any atom is -0.403 e. The van der Waals surface area contributed by atoms with Crippen molar-refractivity contribution in [3.8, 4) is 5.75 Å². The number of carbonyl (C=O) groups is 1. The third-order valence-electron chi connectivity index (χ3n) is 2.17. The highest BCUT2D eigenvalue weighted by Crippen LogP contribution is 2.31. The second-order valence-electron chi connectivity index (χ2n) is 5.09. The zero-order chi connectivity index (χ0) is 15.5. The van der Waals surface area contributed by atoms with Crippen LogP contribution in [0.3, 0.4) is 0 Å². The van der Waals surface area contributed by atoms with Crippen LogP contribution in [0.4, 0.5) is 10.5 Å². The van der Waals surface area contributed by atoms with Crippen LogP contribution in [0.15, 0.2) is 12.1 Å². The first-order valence-electron chi connectivity index (χ1n) is 5.71. The summed E-state index contributed by atoms with van der Waals surface area (Å²) >= 11 is 1.87. The summed E-state index contributed by atoms with van der Waals surface area (Å²) in [5.41, 5.74) is -0.389. The van der Waals surface area contributed by atoms with Gasteiger partial charge >= 0.3 is 11.8 Å².